The van der Waals surface area contributed by atoms with Crippen LogP contribution in [0.5, 0.6) is 0 Å². The van der Waals surface area contributed by atoms with Gasteiger partial charge in [0.2, 0.25) is 0 Å². The van der Waals surface area contributed by atoms with E-state index in [1.807, 2.05) is 24.3 Å². The molecule has 0 bridgehead atoms. The van der Waals surface area contributed by atoms with Gasteiger partial charge in [0.05, 0.1) is 5.56 Å². The van der Waals surface area contributed by atoms with Gasteiger partial charge in [-0.3, -0.25) is 4.89 Å². The first-order valence-corrected chi connectivity index (χ1v) is 11.1. The summed E-state index contributed by atoms with van der Waals surface area (Å²) in [5.41, 5.74) is 2.67. The minimum atomic E-state index is -1.62. The lowest BCUT2D eigenvalue weighted by atomic mass is 9.98. The van der Waals surface area contributed by atoms with Gasteiger partial charge < -0.3 is 0 Å². The average Bonchev–Trinajstić information content (AvgIpc) is 2.63. The Labute approximate surface area is 140 Å². The Hall–Kier alpha value is -1.39. The Balaban J connectivity index is 1.98. The Morgan fingerprint density at radius 2 is 1.74 bits per heavy atom. The molecule has 0 aromatic heterocycles. The monoisotopic (exact) mass is 331 g/mol. The lowest BCUT2D eigenvalue weighted by molar-refractivity contribution is -0.239. The standard InChI is InChI=1S/C19H27O3Si/c1-4-23(5-2,6-3)18-14-12-16(13-15-18)19(20)22-21-17-10-8-7-9-11-17/h4,12-15H,1,5-11H2,2-3H3. The highest BCUT2D eigenvalue weighted by atomic mass is 28.3. The highest BCUT2D eigenvalue weighted by Crippen LogP contribution is 2.26. The van der Waals surface area contributed by atoms with E-state index in [4.69, 9.17) is 9.78 Å². The zero-order chi connectivity index (χ0) is 16.7. The molecule has 1 aromatic carbocycles. The van der Waals surface area contributed by atoms with E-state index in [1.54, 1.807) is 0 Å². The Kier molecular flexibility index (Phi) is 6.60. The van der Waals surface area contributed by atoms with Gasteiger partial charge in [-0.2, -0.15) is 4.89 Å². The predicted molar refractivity (Wildman–Crippen MR) is 95.8 cm³/mol. The smallest absolute Gasteiger partial charge is 0.292 e. The quantitative estimate of drug-likeness (QED) is 0.413. The number of benzene rings is 1. The Morgan fingerprint density at radius 1 is 1.13 bits per heavy atom. The van der Waals surface area contributed by atoms with Crippen LogP contribution >= 0.6 is 0 Å². The summed E-state index contributed by atoms with van der Waals surface area (Å²) < 4.78 is 0. The molecular weight excluding hydrogens is 304 g/mol. The topological polar surface area (TPSA) is 35.5 Å². The number of carbonyl (C=O) groups is 1. The van der Waals surface area contributed by atoms with Gasteiger partial charge in [0.15, 0.2) is 0 Å². The fraction of sp³-hybridized carbons (Fsp3) is 0.474. The molecule has 4 heteroatoms. The minimum absolute atomic E-state index is 0.423. The van der Waals surface area contributed by atoms with Gasteiger partial charge in [0.25, 0.3) is 0 Å². The summed E-state index contributed by atoms with van der Waals surface area (Å²) in [4.78, 5) is 22.3. The van der Waals surface area contributed by atoms with Gasteiger partial charge in [-0.1, -0.05) is 68.2 Å². The van der Waals surface area contributed by atoms with Crippen molar-refractivity contribution in [1.29, 1.82) is 0 Å². The van der Waals surface area contributed by atoms with Crippen LogP contribution in [0.3, 0.4) is 0 Å². The Morgan fingerprint density at radius 3 is 2.26 bits per heavy atom. The van der Waals surface area contributed by atoms with E-state index < -0.39 is 14.0 Å². The first kappa shape index (κ1) is 18.0. The molecule has 0 aliphatic heterocycles. The van der Waals surface area contributed by atoms with Crippen LogP contribution < -0.4 is 5.19 Å². The van der Waals surface area contributed by atoms with E-state index in [2.05, 4.69) is 26.1 Å². The van der Waals surface area contributed by atoms with E-state index in [1.165, 1.54) is 11.6 Å². The van der Waals surface area contributed by atoms with Crippen molar-refractivity contribution in [2.45, 2.75) is 58.0 Å². The van der Waals surface area contributed by atoms with Crippen LogP contribution in [-0.2, 0) is 9.78 Å². The van der Waals surface area contributed by atoms with E-state index in [0.717, 1.165) is 43.9 Å². The molecule has 0 N–H and O–H groups in total. The number of rotatable bonds is 7. The Bertz CT molecular complexity index is 514. The van der Waals surface area contributed by atoms with Gasteiger partial charge in [-0.15, -0.1) is 6.58 Å². The van der Waals surface area contributed by atoms with Crippen LogP contribution in [-0.4, -0.2) is 14.0 Å². The molecule has 2 rings (SSSR count). The molecule has 1 aliphatic rings. The second-order valence-corrected chi connectivity index (χ2v) is 10.9. The first-order valence-electron chi connectivity index (χ1n) is 8.63. The molecule has 125 valence electrons. The molecule has 1 fully saturated rings. The lowest BCUT2D eigenvalue weighted by Gasteiger charge is -2.26. The van der Waals surface area contributed by atoms with Gasteiger partial charge in [0, 0.05) is 0 Å². The maximum atomic E-state index is 12.1. The highest BCUT2D eigenvalue weighted by Gasteiger charge is 2.27. The normalized spacial score (nSPS) is 16.1. The lowest BCUT2D eigenvalue weighted by Crippen LogP contribution is -2.44. The van der Waals surface area contributed by atoms with Crippen LogP contribution in [0.4, 0.5) is 0 Å². The molecule has 23 heavy (non-hydrogen) atoms. The van der Waals surface area contributed by atoms with E-state index in [0.29, 0.717) is 5.56 Å². The molecule has 1 saturated carbocycles. The van der Waals surface area contributed by atoms with E-state index in [-0.39, 0.29) is 0 Å². The molecule has 1 radical (unpaired) electrons. The van der Waals surface area contributed by atoms with Gasteiger partial charge >= 0.3 is 5.97 Å². The summed E-state index contributed by atoms with van der Waals surface area (Å²) in [7, 11) is -1.62. The molecule has 0 spiro atoms. The molecule has 1 aliphatic carbocycles. The molecule has 0 heterocycles. The summed E-state index contributed by atoms with van der Waals surface area (Å²) in [6.07, 6.45) is 6.13. The van der Waals surface area contributed by atoms with Crippen molar-refractivity contribution in [2.75, 3.05) is 0 Å². The third-order valence-corrected chi connectivity index (χ3v) is 9.78. The van der Waals surface area contributed by atoms with Crippen LogP contribution in [0, 0.1) is 6.10 Å². The number of carbonyl (C=O) groups excluding carboxylic acids is 1. The largest absolute Gasteiger partial charge is 0.373 e. The number of hydrogen-bond donors (Lipinski definition) is 0. The summed E-state index contributed by atoms with van der Waals surface area (Å²) in [6.45, 7) is 8.47. The van der Waals surface area contributed by atoms with Crippen molar-refractivity contribution in [3.63, 3.8) is 0 Å². The van der Waals surface area contributed by atoms with Gasteiger partial charge in [-0.05, 0) is 25.0 Å². The highest BCUT2D eigenvalue weighted by molar-refractivity contribution is 6.95. The molecule has 1 aromatic rings. The van der Waals surface area contributed by atoms with Crippen molar-refractivity contribution < 1.29 is 14.6 Å². The molecule has 0 amide bonds. The van der Waals surface area contributed by atoms with Crippen LogP contribution in [0.15, 0.2) is 36.5 Å². The summed E-state index contributed by atoms with van der Waals surface area (Å²) in [5, 5.41) is 1.32. The van der Waals surface area contributed by atoms with Crippen LogP contribution in [0.25, 0.3) is 0 Å². The maximum absolute atomic E-state index is 12.1. The second-order valence-electron chi connectivity index (χ2n) is 6.20. The summed E-state index contributed by atoms with van der Waals surface area (Å²) in [6, 6.07) is 10.0. The molecule has 0 atom stereocenters. The fourth-order valence-electron chi connectivity index (χ4n) is 3.18. The van der Waals surface area contributed by atoms with Gasteiger partial charge in [0.1, 0.15) is 14.2 Å². The van der Waals surface area contributed by atoms with E-state index >= 15 is 0 Å². The third-order valence-electron chi connectivity index (χ3n) is 4.99. The zero-order valence-electron chi connectivity index (χ0n) is 14.3. The van der Waals surface area contributed by atoms with Crippen molar-refractivity contribution >= 4 is 19.2 Å². The SMILES string of the molecule is C=C[Si](CC)(CC)c1ccc(C(=O)OO[C]2CCCCC2)cc1. The molecule has 0 saturated heterocycles. The number of hydrogen-bond acceptors (Lipinski definition) is 3. The summed E-state index contributed by atoms with van der Waals surface area (Å²) in [5.74, 6) is -0.423. The molecule has 3 nitrogen and oxygen atoms in total. The van der Waals surface area contributed by atoms with Crippen molar-refractivity contribution in [3.05, 3.63) is 48.2 Å². The van der Waals surface area contributed by atoms with Crippen molar-refractivity contribution in [2.24, 2.45) is 0 Å². The maximum Gasteiger partial charge on any atom is 0.373 e. The summed E-state index contributed by atoms with van der Waals surface area (Å²) >= 11 is 0. The fourth-order valence-corrected chi connectivity index (χ4v) is 6.14. The van der Waals surface area contributed by atoms with Gasteiger partial charge in [-0.25, -0.2) is 4.79 Å². The zero-order valence-corrected chi connectivity index (χ0v) is 15.3. The third kappa shape index (κ3) is 4.33. The predicted octanol–water partition coefficient (Wildman–Crippen LogP) is 4.69. The average molecular weight is 332 g/mol. The minimum Gasteiger partial charge on any atom is -0.292 e. The first-order chi connectivity index (χ1) is 11.1. The molecule has 0 unspecified atom stereocenters. The molecular formula is C19H27O3Si. The van der Waals surface area contributed by atoms with E-state index in [9.17, 15) is 4.79 Å². The second kappa shape index (κ2) is 8.46. The van der Waals surface area contributed by atoms with Crippen molar-refractivity contribution in [3.8, 4) is 0 Å². The van der Waals surface area contributed by atoms with Crippen LogP contribution in [0.2, 0.25) is 12.1 Å². The van der Waals surface area contributed by atoms with Crippen molar-refractivity contribution in [1.82, 2.24) is 0 Å². The van der Waals surface area contributed by atoms with Crippen LogP contribution in [0.1, 0.15) is 56.3 Å².